The molecule has 4 aromatic heterocycles. The SMILES string of the molecule is Cc1cc2nc(C)c(CCC(=O)OCc3noc(-c4ccsc4)n3)c(C)n2n1. The predicted octanol–water partition coefficient (Wildman–Crippen LogP) is 3.44. The summed E-state index contributed by atoms with van der Waals surface area (Å²) in [5, 5.41) is 12.1. The van der Waals surface area contributed by atoms with E-state index in [-0.39, 0.29) is 19.0 Å². The second kappa shape index (κ2) is 7.51. The van der Waals surface area contributed by atoms with Crippen molar-refractivity contribution in [2.24, 2.45) is 0 Å². The van der Waals surface area contributed by atoms with Crippen molar-refractivity contribution in [1.29, 1.82) is 0 Å². The Bertz CT molecular complexity index is 1130. The summed E-state index contributed by atoms with van der Waals surface area (Å²) in [6.07, 6.45) is 0.773. The Morgan fingerprint density at radius 1 is 1.29 bits per heavy atom. The van der Waals surface area contributed by atoms with Gasteiger partial charge in [0.2, 0.25) is 5.82 Å². The molecule has 9 heteroatoms. The summed E-state index contributed by atoms with van der Waals surface area (Å²) in [5.74, 6) is 0.446. The zero-order chi connectivity index (χ0) is 19.7. The fourth-order valence-corrected chi connectivity index (χ4v) is 3.69. The predicted molar refractivity (Wildman–Crippen MR) is 103 cm³/mol. The summed E-state index contributed by atoms with van der Waals surface area (Å²) in [5.41, 5.74) is 5.48. The quantitative estimate of drug-likeness (QED) is 0.460. The van der Waals surface area contributed by atoms with Gasteiger partial charge in [-0.25, -0.2) is 9.50 Å². The minimum Gasteiger partial charge on any atom is -0.457 e. The van der Waals surface area contributed by atoms with Crippen LogP contribution < -0.4 is 0 Å². The second-order valence-electron chi connectivity index (χ2n) is 6.51. The summed E-state index contributed by atoms with van der Waals surface area (Å²) in [6, 6.07) is 3.83. The lowest BCUT2D eigenvalue weighted by molar-refractivity contribution is -0.145. The molecule has 0 amide bonds. The number of esters is 1. The highest BCUT2D eigenvalue weighted by atomic mass is 32.1. The van der Waals surface area contributed by atoms with E-state index in [0.29, 0.717) is 18.1 Å². The lowest BCUT2D eigenvalue weighted by Crippen LogP contribution is -2.10. The van der Waals surface area contributed by atoms with E-state index in [4.69, 9.17) is 9.26 Å². The third-order valence-corrected chi connectivity index (χ3v) is 5.15. The summed E-state index contributed by atoms with van der Waals surface area (Å²) in [6.45, 7) is 5.85. The van der Waals surface area contributed by atoms with Crippen LogP contribution in [0.25, 0.3) is 17.1 Å². The van der Waals surface area contributed by atoms with Crippen LogP contribution in [-0.2, 0) is 22.6 Å². The second-order valence-corrected chi connectivity index (χ2v) is 7.29. The minimum atomic E-state index is -0.322. The van der Waals surface area contributed by atoms with Gasteiger partial charge in [-0.3, -0.25) is 4.79 Å². The zero-order valence-corrected chi connectivity index (χ0v) is 16.6. The zero-order valence-electron chi connectivity index (χ0n) is 15.8. The summed E-state index contributed by atoms with van der Waals surface area (Å²) in [4.78, 5) is 21.0. The van der Waals surface area contributed by atoms with Crippen LogP contribution in [0.3, 0.4) is 0 Å². The maximum atomic E-state index is 12.2. The molecule has 4 aromatic rings. The van der Waals surface area contributed by atoms with Gasteiger partial charge >= 0.3 is 5.97 Å². The Kier molecular flexibility index (Phi) is 4.91. The van der Waals surface area contributed by atoms with Gasteiger partial charge in [0.15, 0.2) is 12.3 Å². The number of aryl methyl sites for hydroxylation is 3. The largest absolute Gasteiger partial charge is 0.457 e. The molecule has 28 heavy (non-hydrogen) atoms. The van der Waals surface area contributed by atoms with E-state index in [0.717, 1.165) is 33.9 Å². The van der Waals surface area contributed by atoms with Crippen molar-refractivity contribution in [3.63, 3.8) is 0 Å². The monoisotopic (exact) mass is 397 g/mol. The van der Waals surface area contributed by atoms with Crippen molar-refractivity contribution in [2.45, 2.75) is 40.2 Å². The molecule has 0 N–H and O–H groups in total. The van der Waals surface area contributed by atoms with Crippen molar-refractivity contribution in [1.82, 2.24) is 24.7 Å². The van der Waals surface area contributed by atoms with E-state index in [2.05, 4.69) is 20.2 Å². The van der Waals surface area contributed by atoms with Crippen LogP contribution in [0.1, 0.15) is 34.9 Å². The van der Waals surface area contributed by atoms with E-state index in [1.54, 1.807) is 11.3 Å². The molecule has 0 fully saturated rings. The number of fused-ring (bicyclic) bond motifs is 1. The van der Waals surface area contributed by atoms with Crippen molar-refractivity contribution in [2.75, 3.05) is 0 Å². The van der Waals surface area contributed by atoms with Gasteiger partial charge in [0, 0.05) is 29.3 Å². The van der Waals surface area contributed by atoms with Crippen molar-refractivity contribution in [3.05, 3.63) is 51.4 Å². The fourth-order valence-electron chi connectivity index (χ4n) is 3.06. The summed E-state index contributed by atoms with van der Waals surface area (Å²) < 4.78 is 12.3. The Labute approximate surface area is 165 Å². The first-order valence-electron chi connectivity index (χ1n) is 8.84. The number of hydrogen-bond acceptors (Lipinski definition) is 8. The van der Waals surface area contributed by atoms with Crippen molar-refractivity contribution < 1.29 is 14.1 Å². The molecule has 144 valence electrons. The van der Waals surface area contributed by atoms with E-state index >= 15 is 0 Å². The van der Waals surface area contributed by atoms with E-state index in [9.17, 15) is 4.79 Å². The van der Waals surface area contributed by atoms with E-state index < -0.39 is 0 Å². The number of hydrogen-bond donors (Lipinski definition) is 0. The third kappa shape index (κ3) is 3.65. The molecular weight excluding hydrogens is 378 g/mol. The van der Waals surface area contributed by atoms with Crippen LogP contribution in [-0.4, -0.2) is 30.7 Å². The first kappa shape index (κ1) is 18.3. The third-order valence-electron chi connectivity index (χ3n) is 4.46. The lowest BCUT2D eigenvalue weighted by Gasteiger charge is -2.10. The van der Waals surface area contributed by atoms with Gasteiger partial charge in [0.05, 0.1) is 11.3 Å². The van der Waals surface area contributed by atoms with E-state index in [1.807, 2.05) is 48.2 Å². The van der Waals surface area contributed by atoms with Crippen LogP contribution in [0.2, 0.25) is 0 Å². The highest BCUT2D eigenvalue weighted by molar-refractivity contribution is 7.08. The highest BCUT2D eigenvalue weighted by Gasteiger charge is 2.15. The molecule has 0 aliphatic rings. The van der Waals surface area contributed by atoms with Gasteiger partial charge in [0.25, 0.3) is 5.89 Å². The number of thiophene rings is 1. The van der Waals surface area contributed by atoms with Crippen molar-refractivity contribution in [3.8, 4) is 11.5 Å². The van der Waals surface area contributed by atoms with Gasteiger partial charge in [-0.05, 0) is 44.2 Å². The molecule has 0 aromatic carbocycles. The number of carbonyl (C=O) groups excluding carboxylic acids is 1. The Hall–Kier alpha value is -3.07. The Balaban J connectivity index is 1.37. The minimum absolute atomic E-state index is 0.0138. The molecule has 8 nitrogen and oxygen atoms in total. The fraction of sp³-hybridized carbons (Fsp3) is 0.316. The molecule has 4 rings (SSSR count). The van der Waals surface area contributed by atoms with Crippen molar-refractivity contribution >= 4 is 23.0 Å². The van der Waals surface area contributed by atoms with Crippen LogP contribution in [0.15, 0.2) is 27.4 Å². The first-order valence-corrected chi connectivity index (χ1v) is 9.79. The van der Waals surface area contributed by atoms with Gasteiger partial charge < -0.3 is 9.26 Å². The number of rotatable bonds is 6. The molecule has 0 saturated heterocycles. The standard InChI is InChI=1S/C19H19N5O3S/c1-11-8-17-20-12(2)15(13(3)24(17)22-11)4-5-18(25)26-9-16-21-19(27-23-16)14-6-7-28-10-14/h6-8,10H,4-5,9H2,1-3H3. The average Bonchev–Trinajstić information content (AvgIpc) is 3.39. The molecule has 4 heterocycles. The van der Waals surface area contributed by atoms with E-state index in [1.165, 1.54) is 0 Å². The van der Waals surface area contributed by atoms with Crippen LogP contribution in [0, 0.1) is 20.8 Å². The topological polar surface area (TPSA) is 95.4 Å². The lowest BCUT2D eigenvalue weighted by atomic mass is 10.1. The smallest absolute Gasteiger partial charge is 0.306 e. The molecule has 0 bridgehead atoms. The number of aromatic nitrogens is 5. The molecule has 0 spiro atoms. The molecule has 0 atom stereocenters. The van der Waals surface area contributed by atoms with Crippen LogP contribution >= 0.6 is 11.3 Å². The Morgan fingerprint density at radius 3 is 2.93 bits per heavy atom. The van der Waals surface area contributed by atoms with Gasteiger partial charge in [-0.2, -0.15) is 21.4 Å². The highest BCUT2D eigenvalue weighted by Crippen LogP contribution is 2.20. The van der Waals surface area contributed by atoms with Gasteiger partial charge in [-0.1, -0.05) is 5.16 Å². The maximum Gasteiger partial charge on any atom is 0.306 e. The van der Waals surface area contributed by atoms with Crippen LogP contribution in [0.4, 0.5) is 0 Å². The first-order chi connectivity index (χ1) is 13.5. The molecular formula is C19H19N5O3S. The maximum absolute atomic E-state index is 12.2. The molecule has 0 saturated carbocycles. The van der Waals surface area contributed by atoms with Gasteiger partial charge in [-0.15, -0.1) is 0 Å². The molecule has 0 radical (unpaired) electrons. The average molecular weight is 397 g/mol. The number of ether oxygens (including phenoxy) is 1. The van der Waals surface area contributed by atoms with Crippen LogP contribution in [0.5, 0.6) is 0 Å². The van der Waals surface area contributed by atoms with Gasteiger partial charge in [0.1, 0.15) is 0 Å². The molecule has 0 aliphatic heterocycles. The molecule has 0 aliphatic carbocycles. The Morgan fingerprint density at radius 2 is 2.14 bits per heavy atom. The summed E-state index contributed by atoms with van der Waals surface area (Å²) in [7, 11) is 0. The number of carbonyl (C=O) groups is 1. The normalized spacial score (nSPS) is 11.2. The molecule has 0 unspecified atom stereocenters. The summed E-state index contributed by atoms with van der Waals surface area (Å²) >= 11 is 1.55. The number of nitrogens with zero attached hydrogens (tertiary/aromatic N) is 5.